The van der Waals surface area contributed by atoms with Crippen molar-refractivity contribution in [2.24, 2.45) is 5.92 Å². The largest absolute Gasteiger partial charge is 0.458 e. The fraction of sp³-hybridized carbons (Fsp3) is 0.619. The van der Waals surface area contributed by atoms with Gasteiger partial charge in [0, 0.05) is 18.5 Å². The van der Waals surface area contributed by atoms with Crippen LogP contribution < -0.4 is 0 Å². The molecule has 3 aliphatic heterocycles. The number of carbonyl (C=O) groups excluding carboxylic acids is 2. The van der Waals surface area contributed by atoms with Crippen molar-refractivity contribution in [1.29, 1.82) is 0 Å². The van der Waals surface area contributed by atoms with Gasteiger partial charge in [-0.15, -0.1) is 0 Å². The van der Waals surface area contributed by atoms with E-state index in [0.717, 1.165) is 18.4 Å². The predicted molar refractivity (Wildman–Crippen MR) is 99.3 cm³/mol. The molecule has 1 amide bonds. The average molecular weight is 372 g/mol. The number of carbonyl (C=O) groups is 2. The van der Waals surface area contributed by atoms with Gasteiger partial charge in [0.2, 0.25) is 5.91 Å². The maximum absolute atomic E-state index is 13.4. The number of amides is 1. The van der Waals surface area contributed by atoms with Crippen LogP contribution in [-0.2, 0) is 25.7 Å². The Morgan fingerprint density at radius 1 is 1.22 bits per heavy atom. The Kier molecular flexibility index (Phi) is 4.72. The topological polar surface area (TPSA) is 59.1 Å². The molecular weight excluding hydrogens is 344 g/mol. The van der Waals surface area contributed by atoms with Gasteiger partial charge in [-0.05, 0) is 45.6 Å². The predicted octanol–water partition coefficient (Wildman–Crippen LogP) is 2.52. The quantitative estimate of drug-likeness (QED) is 0.763. The maximum atomic E-state index is 13.4. The number of rotatable bonds is 3. The second kappa shape index (κ2) is 6.91. The Hall–Kier alpha value is -1.92. The molecule has 4 rings (SSSR count). The van der Waals surface area contributed by atoms with Gasteiger partial charge in [-0.3, -0.25) is 9.63 Å². The highest BCUT2D eigenvalue weighted by atomic mass is 16.7. The summed E-state index contributed by atoms with van der Waals surface area (Å²) in [6.45, 7) is 6.72. The van der Waals surface area contributed by atoms with Crippen molar-refractivity contribution in [3.63, 3.8) is 0 Å². The van der Waals surface area contributed by atoms with Crippen molar-refractivity contribution in [3.05, 3.63) is 35.9 Å². The third-order valence-corrected chi connectivity index (χ3v) is 5.66. The second-order valence-corrected chi connectivity index (χ2v) is 8.82. The van der Waals surface area contributed by atoms with Crippen LogP contribution in [0.4, 0.5) is 0 Å². The van der Waals surface area contributed by atoms with E-state index in [2.05, 4.69) is 0 Å². The van der Waals surface area contributed by atoms with Gasteiger partial charge in [0.1, 0.15) is 17.7 Å². The molecule has 3 fully saturated rings. The number of benzene rings is 1. The van der Waals surface area contributed by atoms with E-state index in [4.69, 9.17) is 9.57 Å². The summed E-state index contributed by atoms with van der Waals surface area (Å²) in [6.07, 6.45) is 2.43. The highest BCUT2D eigenvalue weighted by Gasteiger charge is 2.54. The molecule has 3 heterocycles. The third-order valence-electron chi connectivity index (χ3n) is 5.66. The number of hydroxylamine groups is 2. The number of ether oxygens (including phenoxy) is 1. The second-order valence-electron chi connectivity index (χ2n) is 8.82. The SMILES string of the molecule is CC(C)(C)OC(=O)[C@@H]1CC[C@H]2C[C@H]3CON(Cc4ccccc4)[C@H]3C(=O)N21. The molecule has 0 radical (unpaired) electrons. The highest BCUT2D eigenvalue weighted by molar-refractivity contribution is 5.89. The Morgan fingerprint density at radius 3 is 2.67 bits per heavy atom. The minimum absolute atomic E-state index is 0.0121. The van der Waals surface area contributed by atoms with E-state index in [1.807, 2.05) is 56.2 Å². The van der Waals surface area contributed by atoms with Gasteiger partial charge in [-0.1, -0.05) is 30.3 Å². The van der Waals surface area contributed by atoms with Crippen LogP contribution in [0.5, 0.6) is 0 Å². The summed E-state index contributed by atoms with van der Waals surface area (Å²) >= 11 is 0. The van der Waals surface area contributed by atoms with Crippen LogP contribution >= 0.6 is 0 Å². The zero-order valence-electron chi connectivity index (χ0n) is 16.3. The molecule has 0 spiro atoms. The molecule has 3 aliphatic rings. The molecule has 0 aliphatic carbocycles. The minimum Gasteiger partial charge on any atom is -0.458 e. The van der Waals surface area contributed by atoms with E-state index in [1.165, 1.54) is 0 Å². The Bertz CT molecular complexity index is 715. The smallest absolute Gasteiger partial charge is 0.329 e. The molecule has 0 N–H and O–H groups in total. The molecule has 6 nitrogen and oxygen atoms in total. The fourth-order valence-electron chi connectivity index (χ4n) is 4.58. The summed E-state index contributed by atoms with van der Waals surface area (Å²) in [7, 11) is 0. The first-order valence-corrected chi connectivity index (χ1v) is 9.82. The first kappa shape index (κ1) is 18.4. The van der Waals surface area contributed by atoms with Crippen molar-refractivity contribution in [2.45, 2.75) is 70.3 Å². The average Bonchev–Trinajstić information content (AvgIpc) is 3.19. The molecule has 0 aromatic heterocycles. The molecule has 4 atom stereocenters. The van der Waals surface area contributed by atoms with Crippen LogP contribution in [0, 0.1) is 5.92 Å². The number of hydrogen-bond donors (Lipinski definition) is 0. The van der Waals surface area contributed by atoms with Crippen molar-refractivity contribution < 1.29 is 19.2 Å². The Morgan fingerprint density at radius 2 is 1.96 bits per heavy atom. The molecule has 1 aromatic carbocycles. The maximum Gasteiger partial charge on any atom is 0.329 e. The van der Waals surface area contributed by atoms with Gasteiger partial charge in [0.15, 0.2) is 0 Å². The molecule has 1 aromatic rings. The van der Waals surface area contributed by atoms with Gasteiger partial charge >= 0.3 is 5.97 Å². The molecule has 27 heavy (non-hydrogen) atoms. The third kappa shape index (κ3) is 3.60. The van der Waals surface area contributed by atoms with Crippen LogP contribution in [-0.4, -0.2) is 52.2 Å². The highest BCUT2D eigenvalue weighted by Crippen LogP contribution is 2.41. The van der Waals surface area contributed by atoms with Crippen molar-refractivity contribution >= 4 is 11.9 Å². The summed E-state index contributed by atoms with van der Waals surface area (Å²) in [5.41, 5.74) is 0.560. The first-order valence-electron chi connectivity index (χ1n) is 9.82. The summed E-state index contributed by atoms with van der Waals surface area (Å²) in [4.78, 5) is 33.7. The van der Waals surface area contributed by atoms with E-state index in [9.17, 15) is 9.59 Å². The molecule has 6 heteroatoms. The van der Waals surface area contributed by atoms with E-state index >= 15 is 0 Å². The van der Waals surface area contributed by atoms with Crippen molar-refractivity contribution in [1.82, 2.24) is 9.96 Å². The monoisotopic (exact) mass is 372 g/mol. The summed E-state index contributed by atoms with van der Waals surface area (Å²) < 4.78 is 5.58. The normalized spacial score (nSPS) is 30.9. The zero-order chi connectivity index (χ0) is 19.2. The fourth-order valence-corrected chi connectivity index (χ4v) is 4.58. The zero-order valence-corrected chi connectivity index (χ0v) is 16.3. The van der Waals surface area contributed by atoms with Gasteiger partial charge in [-0.25, -0.2) is 4.79 Å². The molecule has 146 valence electrons. The number of hydrogen-bond acceptors (Lipinski definition) is 5. The van der Waals surface area contributed by atoms with E-state index in [1.54, 1.807) is 4.90 Å². The number of piperidine rings is 1. The molecule has 3 saturated heterocycles. The van der Waals surface area contributed by atoms with Gasteiger partial charge in [0.05, 0.1) is 6.61 Å². The Balaban J connectivity index is 1.51. The lowest BCUT2D eigenvalue weighted by Crippen LogP contribution is -2.58. The molecule has 0 unspecified atom stereocenters. The van der Waals surface area contributed by atoms with Gasteiger partial charge in [-0.2, -0.15) is 5.06 Å². The number of esters is 1. The lowest BCUT2D eigenvalue weighted by atomic mass is 9.87. The summed E-state index contributed by atoms with van der Waals surface area (Å²) in [5.74, 6) is -0.0804. The van der Waals surface area contributed by atoms with Gasteiger partial charge in [0.25, 0.3) is 0 Å². The van der Waals surface area contributed by atoms with E-state index in [-0.39, 0.29) is 29.9 Å². The van der Waals surface area contributed by atoms with E-state index < -0.39 is 11.6 Å². The molecule has 0 bridgehead atoms. The summed E-state index contributed by atoms with van der Waals surface area (Å²) in [5, 5.41) is 1.81. The van der Waals surface area contributed by atoms with Crippen LogP contribution in [0.25, 0.3) is 0 Å². The summed E-state index contributed by atoms with van der Waals surface area (Å²) in [6, 6.07) is 9.35. The Labute approximate surface area is 160 Å². The standard InChI is InChI=1S/C21H28N2O4/c1-21(2,3)27-20(25)17-10-9-16-11-15-13-26-22(18(15)19(24)23(16)17)12-14-7-5-4-6-8-14/h4-8,15-18H,9-13H2,1-3H3/t15-,16-,17-,18+/m0/s1. The van der Waals surface area contributed by atoms with Crippen LogP contribution in [0.2, 0.25) is 0 Å². The molecular formula is C21H28N2O4. The van der Waals surface area contributed by atoms with Crippen LogP contribution in [0.15, 0.2) is 30.3 Å². The lowest BCUT2D eigenvalue weighted by Gasteiger charge is -2.40. The van der Waals surface area contributed by atoms with Crippen LogP contribution in [0.3, 0.4) is 0 Å². The molecule has 0 saturated carbocycles. The number of fused-ring (bicyclic) bond motifs is 2. The van der Waals surface area contributed by atoms with Crippen molar-refractivity contribution in [2.75, 3.05) is 6.61 Å². The lowest BCUT2D eigenvalue weighted by molar-refractivity contribution is -0.176. The first-order chi connectivity index (χ1) is 12.8. The van der Waals surface area contributed by atoms with Gasteiger partial charge < -0.3 is 9.64 Å². The minimum atomic E-state index is -0.549. The number of nitrogens with zero attached hydrogens (tertiary/aromatic N) is 2. The van der Waals surface area contributed by atoms with E-state index in [0.29, 0.717) is 19.6 Å². The van der Waals surface area contributed by atoms with Crippen LogP contribution in [0.1, 0.15) is 45.6 Å². The van der Waals surface area contributed by atoms with Crippen molar-refractivity contribution in [3.8, 4) is 0 Å².